The SMILES string of the molecule is CCNC(CC(C)CC)c1cc(F)ccc1OC. The predicted molar refractivity (Wildman–Crippen MR) is 73.4 cm³/mol. The van der Waals surface area contributed by atoms with Crippen molar-refractivity contribution >= 4 is 0 Å². The van der Waals surface area contributed by atoms with Gasteiger partial charge in [0.2, 0.25) is 0 Å². The number of hydrogen-bond donors (Lipinski definition) is 1. The Kier molecular flexibility index (Phi) is 6.13. The fourth-order valence-electron chi connectivity index (χ4n) is 2.11. The van der Waals surface area contributed by atoms with Crippen LogP contribution in [0.1, 0.15) is 45.2 Å². The molecule has 0 amide bonds. The van der Waals surface area contributed by atoms with E-state index in [-0.39, 0.29) is 11.9 Å². The van der Waals surface area contributed by atoms with E-state index in [0.717, 1.165) is 30.7 Å². The van der Waals surface area contributed by atoms with Gasteiger partial charge in [0.1, 0.15) is 11.6 Å². The van der Waals surface area contributed by atoms with Crippen LogP contribution in [0.15, 0.2) is 18.2 Å². The Balaban J connectivity index is 2.99. The Morgan fingerprint density at radius 3 is 2.61 bits per heavy atom. The monoisotopic (exact) mass is 253 g/mol. The summed E-state index contributed by atoms with van der Waals surface area (Å²) in [5.41, 5.74) is 0.916. The molecule has 2 unspecified atom stereocenters. The van der Waals surface area contributed by atoms with Crippen LogP contribution in [-0.4, -0.2) is 13.7 Å². The lowest BCUT2D eigenvalue weighted by molar-refractivity contribution is 0.372. The topological polar surface area (TPSA) is 21.3 Å². The van der Waals surface area contributed by atoms with E-state index in [0.29, 0.717) is 5.92 Å². The van der Waals surface area contributed by atoms with Gasteiger partial charge in [-0.2, -0.15) is 0 Å². The molecule has 1 rings (SSSR count). The van der Waals surface area contributed by atoms with Gasteiger partial charge in [-0.15, -0.1) is 0 Å². The minimum Gasteiger partial charge on any atom is -0.496 e. The molecular weight excluding hydrogens is 229 g/mol. The first-order valence-electron chi connectivity index (χ1n) is 6.69. The molecule has 1 aromatic rings. The van der Waals surface area contributed by atoms with Gasteiger partial charge < -0.3 is 10.1 Å². The third-order valence-corrected chi connectivity index (χ3v) is 3.35. The van der Waals surface area contributed by atoms with Crippen LogP contribution in [0, 0.1) is 11.7 Å². The molecule has 18 heavy (non-hydrogen) atoms. The second-order valence-corrected chi connectivity index (χ2v) is 4.75. The fraction of sp³-hybridized carbons (Fsp3) is 0.600. The molecule has 0 aliphatic carbocycles. The normalized spacial score (nSPS) is 14.3. The molecule has 1 N–H and O–H groups in total. The molecule has 0 aliphatic heterocycles. The molecule has 0 bridgehead atoms. The fourth-order valence-corrected chi connectivity index (χ4v) is 2.11. The van der Waals surface area contributed by atoms with E-state index in [1.807, 2.05) is 0 Å². The Labute approximate surface area is 110 Å². The minimum atomic E-state index is -0.210. The second-order valence-electron chi connectivity index (χ2n) is 4.75. The van der Waals surface area contributed by atoms with Crippen LogP contribution < -0.4 is 10.1 Å². The smallest absolute Gasteiger partial charge is 0.123 e. The molecule has 2 nitrogen and oxygen atoms in total. The molecule has 3 heteroatoms. The zero-order valence-electron chi connectivity index (χ0n) is 11.8. The molecular formula is C15H24FNO. The Bertz CT molecular complexity index is 368. The lowest BCUT2D eigenvalue weighted by Crippen LogP contribution is -2.23. The van der Waals surface area contributed by atoms with E-state index in [9.17, 15) is 4.39 Å². The van der Waals surface area contributed by atoms with Gasteiger partial charge in [0.25, 0.3) is 0 Å². The first-order valence-corrected chi connectivity index (χ1v) is 6.69. The number of ether oxygens (including phenoxy) is 1. The summed E-state index contributed by atoms with van der Waals surface area (Å²) >= 11 is 0. The standard InChI is InChI=1S/C15H24FNO/c1-5-11(3)9-14(17-6-2)13-10-12(16)7-8-15(13)18-4/h7-8,10-11,14,17H,5-6,9H2,1-4H3. The highest BCUT2D eigenvalue weighted by Crippen LogP contribution is 2.30. The van der Waals surface area contributed by atoms with Crippen LogP contribution in [0.5, 0.6) is 5.75 Å². The lowest BCUT2D eigenvalue weighted by atomic mass is 9.93. The quantitative estimate of drug-likeness (QED) is 0.795. The van der Waals surface area contributed by atoms with Crippen LogP contribution >= 0.6 is 0 Å². The molecule has 0 aromatic heterocycles. The summed E-state index contributed by atoms with van der Waals surface area (Å²) < 4.78 is 18.8. The molecule has 0 spiro atoms. The number of benzene rings is 1. The molecule has 0 saturated heterocycles. The molecule has 0 fully saturated rings. The van der Waals surface area contributed by atoms with E-state index < -0.39 is 0 Å². The number of nitrogens with one attached hydrogen (secondary N) is 1. The molecule has 102 valence electrons. The van der Waals surface area contributed by atoms with Gasteiger partial charge in [0.05, 0.1) is 7.11 Å². The van der Waals surface area contributed by atoms with Gasteiger partial charge in [0.15, 0.2) is 0 Å². The Morgan fingerprint density at radius 1 is 1.33 bits per heavy atom. The van der Waals surface area contributed by atoms with Gasteiger partial charge >= 0.3 is 0 Å². The number of halogens is 1. The molecule has 0 aliphatic rings. The molecule has 1 aromatic carbocycles. The first kappa shape index (κ1) is 15.0. The maximum Gasteiger partial charge on any atom is 0.123 e. The maximum atomic E-state index is 13.4. The average molecular weight is 253 g/mol. The van der Waals surface area contributed by atoms with Gasteiger partial charge in [-0.05, 0) is 37.1 Å². The maximum absolute atomic E-state index is 13.4. The zero-order chi connectivity index (χ0) is 13.5. The van der Waals surface area contributed by atoms with Gasteiger partial charge in [-0.25, -0.2) is 4.39 Å². The van der Waals surface area contributed by atoms with Gasteiger partial charge in [0, 0.05) is 11.6 Å². The van der Waals surface area contributed by atoms with E-state index >= 15 is 0 Å². The van der Waals surface area contributed by atoms with E-state index in [2.05, 4.69) is 26.1 Å². The van der Waals surface area contributed by atoms with Crippen LogP contribution in [0.25, 0.3) is 0 Å². The van der Waals surface area contributed by atoms with Crippen LogP contribution in [-0.2, 0) is 0 Å². The first-order chi connectivity index (χ1) is 8.62. The number of methoxy groups -OCH3 is 1. The van der Waals surface area contributed by atoms with Crippen molar-refractivity contribution in [1.82, 2.24) is 5.32 Å². The molecule has 0 heterocycles. The summed E-state index contributed by atoms with van der Waals surface area (Å²) in [6.45, 7) is 7.32. The number of hydrogen-bond acceptors (Lipinski definition) is 2. The van der Waals surface area contributed by atoms with Crippen molar-refractivity contribution < 1.29 is 9.13 Å². The summed E-state index contributed by atoms with van der Waals surface area (Å²) in [6, 6.07) is 4.87. The van der Waals surface area contributed by atoms with E-state index in [1.54, 1.807) is 19.2 Å². The van der Waals surface area contributed by atoms with Crippen molar-refractivity contribution in [3.8, 4) is 5.75 Å². The van der Waals surface area contributed by atoms with Crippen molar-refractivity contribution in [2.24, 2.45) is 5.92 Å². The van der Waals surface area contributed by atoms with Gasteiger partial charge in [-0.1, -0.05) is 27.2 Å². The lowest BCUT2D eigenvalue weighted by Gasteiger charge is -2.23. The molecule has 0 saturated carbocycles. The Morgan fingerprint density at radius 2 is 2.06 bits per heavy atom. The summed E-state index contributed by atoms with van der Waals surface area (Å²) in [4.78, 5) is 0. The third kappa shape index (κ3) is 3.98. The summed E-state index contributed by atoms with van der Waals surface area (Å²) in [5.74, 6) is 1.14. The van der Waals surface area contributed by atoms with E-state index in [4.69, 9.17) is 4.74 Å². The summed E-state index contributed by atoms with van der Waals surface area (Å²) in [7, 11) is 1.63. The van der Waals surface area contributed by atoms with Crippen LogP contribution in [0.3, 0.4) is 0 Å². The van der Waals surface area contributed by atoms with Crippen molar-refractivity contribution in [3.63, 3.8) is 0 Å². The average Bonchev–Trinajstić information content (AvgIpc) is 2.38. The van der Waals surface area contributed by atoms with Crippen LogP contribution in [0.2, 0.25) is 0 Å². The number of rotatable bonds is 7. The minimum absolute atomic E-state index is 0.149. The largest absolute Gasteiger partial charge is 0.496 e. The Hall–Kier alpha value is -1.09. The van der Waals surface area contributed by atoms with Crippen molar-refractivity contribution in [2.75, 3.05) is 13.7 Å². The predicted octanol–water partition coefficient (Wildman–Crippen LogP) is 3.92. The summed E-state index contributed by atoms with van der Waals surface area (Å²) in [6.07, 6.45) is 2.11. The highest BCUT2D eigenvalue weighted by Gasteiger charge is 2.18. The highest BCUT2D eigenvalue weighted by atomic mass is 19.1. The summed E-state index contributed by atoms with van der Waals surface area (Å²) in [5, 5.41) is 3.42. The van der Waals surface area contributed by atoms with E-state index in [1.165, 1.54) is 6.07 Å². The van der Waals surface area contributed by atoms with Crippen molar-refractivity contribution in [3.05, 3.63) is 29.6 Å². The third-order valence-electron chi connectivity index (χ3n) is 3.35. The van der Waals surface area contributed by atoms with Crippen LogP contribution in [0.4, 0.5) is 4.39 Å². The van der Waals surface area contributed by atoms with Crippen molar-refractivity contribution in [1.29, 1.82) is 0 Å². The van der Waals surface area contributed by atoms with Crippen molar-refractivity contribution in [2.45, 2.75) is 39.7 Å². The molecule has 0 radical (unpaired) electrons. The van der Waals surface area contributed by atoms with Gasteiger partial charge in [-0.3, -0.25) is 0 Å². The second kappa shape index (κ2) is 7.37. The highest BCUT2D eigenvalue weighted by molar-refractivity contribution is 5.36. The molecule has 2 atom stereocenters. The zero-order valence-corrected chi connectivity index (χ0v) is 11.8.